The quantitative estimate of drug-likeness (QED) is 0.688. The second-order valence-corrected chi connectivity index (χ2v) is 4.51. The molecule has 2 rings (SSSR count). The van der Waals surface area contributed by atoms with Crippen molar-refractivity contribution in [3.63, 3.8) is 0 Å². The number of benzene rings is 2. The second-order valence-electron chi connectivity index (χ2n) is 4.51. The maximum absolute atomic E-state index is 13.5. The summed E-state index contributed by atoms with van der Waals surface area (Å²) in [5.74, 6) is -1.18. The number of hydrogen-bond acceptors (Lipinski definition) is 2. The fourth-order valence-corrected chi connectivity index (χ4v) is 1.73. The third-order valence-corrected chi connectivity index (χ3v) is 2.88. The van der Waals surface area contributed by atoms with E-state index >= 15 is 0 Å². The monoisotopic (exact) mass is 280 g/mol. The van der Waals surface area contributed by atoms with Gasteiger partial charge in [-0.15, -0.1) is 0 Å². The number of amides is 1. The lowest BCUT2D eigenvalue weighted by molar-refractivity contribution is -0.112. The topological polar surface area (TPSA) is 52.9 Å². The molecule has 1 amide bonds. The number of nitrogens with one attached hydrogen (secondary N) is 1. The Hall–Kier alpha value is -2.93. The van der Waals surface area contributed by atoms with E-state index in [1.54, 1.807) is 6.07 Å². The van der Waals surface area contributed by atoms with Crippen molar-refractivity contribution in [2.75, 3.05) is 5.32 Å². The van der Waals surface area contributed by atoms with Gasteiger partial charge in [0.05, 0.1) is 5.69 Å². The highest BCUT2D eigenvalue weighted by Crippen LogP contribution is 2.15. The summed E-state index contributed by atoms with van der Waals surface area (Å²) >= 11 is 0. The molecule has 2 aromatic carbocycles. The van der Waals surface area contributed by atoms with Gasteiger partial charge in [0, 0.05) is 0 Å². The normalized spacial score (nSPS) is 10.8. The zero-order valence-corrected chi connectivity index (χ0v) is 11.4. The third kappa shape index (κ3) is 3.77. The Bertz CT molecular complexity index is 727. The minimum Gasteiger partial charge on any atom is -0.319 e. The molecule has 4 heteroatoms. The first-order valence-electron chi connectivity index (χ1n) is 6.34. The Morgan fingerprint density at radius 2 is 1.86 bits per heavy atom. The number of aryl methyl sites for hydroxylation is 1. The van der Waals surface area contributed by atoms with Gasteiger partial charge in [-0.2, -0.15) is 5.26 Å². The Labute approximate surface area is 122 Å². The predicted molar refractivity (Wildman–Crippen MR) is 79.8 cm³/mol. The van der Waals surface area contributed by atoms with Gasteiger partial charge in [0.2, 0.25) is 0 Å². The number of anilines is 1. The summed E-state index contributed by atoms with van der Waals surface area (Å²) in [6, 6.07) is 15.0. The molecule has 0 bridgehead atoms. The molecular weight excluding hydrogens is 267 g/mol. The van der Waals surface area contributed by atoms with Crippen LogP contribution in [0, 0.1) is 24.1 Å². The zero-order chi connectivity index (χ0) is 15.2. The van der Waals surface area contributed by atoms with Gasteiger partial charge in [-0.1, -0.05) is 42.0 Å². The highest BCUT2D eigenvalue weighted by atomic mass is 19.1. The first-order chi connectivity index (χ1) is 10.1. The third-order valence-electron chi connectivity index (χ3n) is 2.88. The smallest absolute Gasteiger partial charge is 0.266 e. The fourth-order valence-electron chi connectivity index (χ4n) is 1.73. The van der Waals surface area contributed by atoms with E-state index in [-0.39, 0.29) is 11.3 Å². The van der Waals surface area contributed by atoms with E-state index in [0.717, 1.165) is 11.1 Å². The predicted octanol–water partition coefficient (Wildman–Crippen LogP) is 3.68. The van der Waals surface area contributed by atoms with Crippen LogP contribution in [-0.4, -0.2) is 5.91 Å². The van der Waals surface area contributed by atoms with Gasteiger partial charge < -0.3 is 5.32 Å². The summed E-state index contributed by atoms with van der Waals surface area (Å²) in [5, 5.41) is 11.5. The molecule has 2 aromatic rings. The molecule has 104 valence electrons. The number of hydrogen-bond donors (Lipinski definition) is 1. The lowest BCUT2D eigenvalue weighted by atomic mass is 10.1. The summed E-state index contributed by atoms with van der Waals surface area (Å²) < 4.78 is 13.5. The molecule has 0 radical (unpaired) electrons. The van der Waals surface area contributed by atoms with E-state index in [1.807, 2.05) is 37.3 Å². The van der Waals surface area contributed by atoms with E-state index in [2.05, 4.69) is 5.32 Å². The van der Waals surface area contributed by atoms with Crippen LogP contribution in [0.5, 0.6) is 0 Å². The van der Waals surface area contributed by atoms with Crippen LogP contribution in [0.25, 0.3) is 6.08 Å². The van der Waals surface area contributed by atoms with Crippen LogP contribution in [-0.2, 0) is 4.79 Å². The lowest BCUT2D eigenvalue weighted by Gasteiger charge is -2.05. The van der Waals surface area contributed by atoms with Crippen LogP contribution in [0.2, 0.25) is 0 Å². The van der Waals surface area contributed by atoms with E-state index in [1.165, 1.54) is 24.3 Å². The minimum atomic E-state index is -0.636. The van der Waals surface area contributed by atoms with Crippen LogP contribution in [0.4, 0.5) is 10.1 Å². The van der Waals surface area contributed by atoms with Crippen molar-refractivity contribution in [1.82, 2.24) is 0 Å². The number of carbonyl (C=O) groups is 1. The maximum atomic E-state index is 13.5. The lowest BCUT2D eigenvalue weighted by Crippen LogP contribution is -2.14. The van der Waals surface area contributed by atoms with Gasteiger partial charge in [-0.3, -0.25) is 4.79 Å². The highest BCUT2D eigenvalue weighted by molar-refractivity contribution is 6.09. The first-order valence-corrected chi connectivity index (χ1v) is 6.34. The molecule has 0 unspecified atom stereocenters. The molecule has 0 aromatic heterocycles. The number of halogens is 1. The summed E-state index contributed by atoms with van der Waals surface area (Å²) in [6.07, 6.45) is 1.47. The van der Waals surface area contributed by atoms with Crippen LogP contribution >= 0.6 is 0 Å². The number of nitriles is 1. The summed E-state index contributed by atoms with van der Waals surface area (Å²) in [5.41, 5.74) is 1.79. The highest BCUT2D eigenvalue weighted by Gasteiger charge is 2.11. The van der Waals surface area contributed by atoms with Crippen molar-refractivity contribution in [1.29, 1.82) is 5.26 Å². The molecule has 0 atom stereocenters. The molecule has 0 spiro atoms. The largest absolute Gasteiger partial charge is 0.319 e. The summed E-state index contributed by atoms with van der Waals surface area (Å²) in [6.45, 7) is 1.95. The van der Waals surface area contributed by atoms with Crippen LogP contribution in [0.1, 0.15) is 11.1 Å². The number of rotatable bonds is 3. The van der Waals surface area contributed by atoms with E-state index < -0.39 is 11.7 Å². The molecule has 1 N–H and O–H groups in total. The van der Waals surface area contributed by atoms with Crippen molar-refractivity contribution in [2.24, 2.45) is 0 Å². The van der Waals surface area contributed by atoms with Crippen molar-refractivity contribution >= 4 is 17.7 Å². The Balaban J connectivity index is 2.21. The Morgan fingerprint density at radius 1 is 1.19 bits per heavy atom. The van der Waals surface area contributed by atoms with Crippen LogP contribution in [0.15, 0.2) is 54.1 Å². The standard InChI is InChI=1S/C17H13FN2O/c1-12-6-8-13(9-7-12)10-14(11-19)17(21)20-16-5-3-2-4-15(16)18/h2-10H,1H3,(H,20,21)/b14-10+. The van der Waals surface area contributed by atoms with Crippen molar-refractivity contribution in [3.05, 3.63) is 71.0 Å². The molecular formula is C17H13FN2O. The van der Waals surface area contributed by atoms with Crippen molar-refractivity contribution < 1.29 is 9.18 Å². The Kier molecular flexibility index (Phi) is 4.47. The molecule has 0 aliphatic rings. The number of carbonyl (C=O) groups excluding carboxylic acids is 1. The Morgan fingerprint density at radius 3 is 2.48 bits per heavy atom. The van der Waals surface area contributed by atoms with Gasteiger partial charge in [0.25, 0.3) is 5.91 Å². The zero-order valence-electron chi connectivity index (χ0n) is 11.4. The van der Waals surface area contributed by atoms with Gasteiger partial charge in [0.15, 0.2) is 0 Å². The molecule has 0 saturated carbocycles. The molecule has 3 nitrogen and oxygen atoms in total. The van der Waals surface area contributed by atoms with E-state index in [9.17, 15) is 9.18 Å². The average Bonchev–Trinajstić information content (AvgIpc) is 2.49. The summed E-state index contributed by atoms with van der Waals surface area (Å²) in [7, 11) is 0. The van der Waals surface area contributed by atoms with Gasteiger partial charge in [-0.05, 0) is 30.7 Å². The SMILES string of the molecule is Cc1ccc(/C=C(\C#N)C(=O)Nc2ccccc2F)cc1. The van der Waals surface area contributed by atoms with Crippen LogP contribution < -0.4 is 5.32 Å². The van der Waals surface area contributed by atoms with E-state index in [4.69, 9.17) is 5.26 Å². The minimum absolute atomic E-state index is 0.0487. The van der Waals surface area contributed by atoms with E-state index in [0.29, 0.717) is 0 Å². The van der Waals surface area contributed by atoms with Gasteiger partial charge in [0.1, 0.15) is 17.5 Å². The summed E-state index contributed by atoms with van der Waals surface area (Å²) in [4.78, 5) is 12.0. The molecule has 0 aliphatic heterocycles. The maximum Gasteiger partial charge on any atom is 0.266 e. The second kappa shape index (κ2) is 6.49. The number of nitrogens with zero attached hydrogens (tertiary/aromatic N) is 1. The fraction of sp³-hybridized carbons (Fsp3) is 0.0588. The molecule has 0 fully saturated rings. The van der Waals surface area contributed by atoms with Crippen molar-refractivity contribution in [2.45, 2.75) is 6.92 Å². The van der Waals surface area contributed by atoms with Crippen molar-refractivity contribution in [3.8, 4) is 6.07 Å². The van der Waals surface area contributed by atoms with Gasteiger partial charge >= 0.3 is 0 Å². The van der Waals surface area contributed by atoms with Gasteiger partial charge in [-0.25, -0.2) is 4.39 Å². The average molecular weight is 280 g/mol. The van der Waals surface area contributed by atoms with Crippen LogP contribution in [0.3, 0.4) is 0 Å². The first kappa shape index (κ1) is 14.5. The number of para-hydroxylation sites is 1. The molecule has 0 saturated heterocycles. The molecule has 0 aliphatic carbocycles. The molecule has 0 heterocycles. The molecule has 21 heavy (non-hydrogen) atoms.